The first-order chi connectivity index (χ1) is 7.54. The van der Waals surface area contributed by atoms with Crippen molar-refractivity contribution >= 4 is 23.1 Å². The van der Waals surface area contributed by atoms with Crippen LogP contribution in [0.5, 0.6) is 0 Å². The fourth-order valence-electron chi connectivity index (χ4n) is 1.33. The molecule has 0 fully saturated rings. The average molecular weight is 245 g/mol. The molecule has 1 N–H and O–H groups in total. The molecule has 0 bridgehead atoms. The molecular formula is C9H13ClN4O2. The van der Waals surface area contributed by atoms with Crippen molar-refractivity contribution in [2.45, 2.75) is 32.7 Å². The van der Waals surface area contributed by atoms with Crippen LogP contribution in [0.1, 0.15) is 26.7 Å². The van der Waals surface area contributed by atoms with E-state index in [2.05, 4.69) is 15.3 Å². The lowest BCUT2D eigenvalue weighted by Gasteiger charge is -2.12. The third-order valence-corrected chi connectivity index (χ3v) is 2.22. The summed E-state index contributed by atoms with van der Waals surface area (Å²) >= 11 is 5.60. The highest BCUT2D eigenvalue weighted by Gasteiger charge is 2.18. The monoisotopic (exact) mass is 244 g/mol. The van der Waals surface area contributed by atoms with Crippen molar-refractivity contribution in [3.05, 3.63) is 21.6 Å². The molecule has 6 nitrogen and oxygen atoms in total. The van der Waals surface area contributed by atoms with Crippen LogP contribution in [0.3, 0.4) is 0 Å². The summed E-state index contributed by atoms with van der Waals surface area (Å²) in [6.45, 7) is 3.97. The van der Waals surface area contributed by atoms with Crippen LogP contribution in [-0.4, -0.2) is 20.9 Å². The van der Waals surface area contributed by atoms with E-state index in [1.54, 1.807) is 0 Å². The molecule has 0 amide bonds. The second-order valence-electron chi connectivity index (χ2n) is 3.46. The number of nitrogens with one attached hydrogen (secondary N) is 1. The Labute approximate surface area is 98.2 Å². The summed E-state index contributed by atoms with van der Waals surface area (Å²) in [5.41, 5.74) is -0.160. The maximum Gasteiger partial charge on any atom is 0.329 e. The van der Waals surface area contributed by atoms with Gasteiger partial charge >= 0.3 is 5.69 Å². The summed E-state index contributed by atoms with van der Waals surface area (Å²) in [6.07, 6.45) is 3.00. The highest BCUT2D eigenvalue weighted by Crippen LogP contribution is 2.23. The summed E-state index contributed by atoms with van der Waals surface area (Å²) in [5.74, 6) is 0.172. The number of rotatable bonds is 5. The Morgan fingerprint density at radius 3 is 2.94 bits per heavy atom. The zero-order valence-electron chi connectivity index (χ0n) is 9.11. The molecule has 88 valence electrons. The average Bonchev–Trinajstić information content (AvgIpc) is 2.17. The Balaban J connectivity index is 2.92. The van der Waals surface area contributed by atoms with Crippen LogP contribution in [0.15, 0.2) is 6.20 Å². The molecule has 0 aliphatic rings. The van der Waals surface area contributed by atoms with E-state index in [1.165, 1.54) is 0 Å². The largest absolute Gasteiger partial charge is 0.362 e. The lowest BCUT2D eigenvalue weighted by atomic mass is 10.2. The number of halogens is 1. The molecule has 1 atom stereocenters. The van der Waals surface area contributed by atoms with E-state index >= 15 is 0 Å². The number of anilines is 1. The van der Waals surface area contributed by atoms with Gasteiger partial charge in [0.1, 0.15) is 6.20 Å². The minimum atomic E-state index is -0.530. The van der Waals surface area contributed by atoms with Gasteiger partial charge in [0.15, 0.2) is 0 Å². The lowest BCUT2D eigenvalue weighted by molar-refractivity contribution is -0.384. The first-order valence-electron chi connectivity index (χ1n) is 4.98. The molecule has 0 aliphatic carbocycles. The molecule has 0 aliphatic heterocycles. The van der Waals surface area contributed by atoms with Crippen LogP contribution >= 0.6 is 11.6 Å². The molecule has 1 unspecified atom stereocenters. The van der Waals surface area contributed by atoms with Crippen molar-refractivity contribution in [1.82, 2.24) is 9.97 Å². The molecule has 1 aromatic rings. The van der Waals surface area contributed by atoms with Gasteiger partial charge in [0.25, 0.3) is 0 Å². The van der Waals surface area contributed by atoms with Crippen LogP contribution in [0, 0.1) is 10.1 Å². The number of aromatic nitrogens is 2. The Bertz CT molecular complexity index is 386. The summed E-state index contributed by atoms with van der Waals surface area (Å²) < 4.78 is 0. The fourth-order valence-corrected chi connectivity index (χ4v) is 1.47. The zero-order valence-corrected chi connectivity index (χ0v) is 9.86. The van der Waals surface area contributed by atoms with Gasteiger partial charge in [-0.1, -0.05) is 13.3 Å². The third kappa shape index (κ3) is 3.30. The van der Waals surface area contributed by atoms with Crippen molar-refractivity contribution in [3.63, 3.8) is 0 Å². The first kappa shape index (κ1) is 12.6. The Morgan fingerprint density at radius 2 is 2.38 bits per heavy atom. The number of nitrogens with zero attached hydrogens (tertiary/aromatic N) is 3. The molecule has 16 heavy (non-hydrogen) atoms. The molecule has 0 radical (unpaired) electrons. The van der Waals surface area contributed by atoms with Crippen molar-refractivity contribution in [2.24, 2.45) is 0 Å². The van der Waals surface area contributed by atoms with Gasteiger partial charge in [-0.25, -0.2) is 4.98 Å². The molecule has 0 saturated carbocycles. The van der Waals surface area contributed by atoms with E-state index in [0.717, 1.165) is 19.0 Å². The summed E-state index contributed by atoms with van der Waals surface area (Å²) in [5, 5.41) is 13.7. The second kappa shape index (κ2) is 5.60. The van der Waals surface area contributed by atoms with Gasteiger partial charge in [-0.3, -0.25) is 10.1 Å². The first-order valence-corrected chi connectivity index (χ1v) is 5.35. The normalized spacial score (nSPS) is 12.2. The van der Waals surface area contributed by atoms with E-state index in [-0.39, 0.29) is 22.8 Å². The smallest absolute Gasteiger partial charge is 0.329 e. The van der Waals surface area contributed by atoms with Crippen molar-refractivity contribution in [1.29, 1.82) is 0 Å². The molecule has 0 spiro atoms. The highest BCUT2D eigenvalue weighted by atomic mass is 35.5. The Kier molecular flexibility index (Phi) is 4.42. The third-order valence-electron chi connectivity index (χ3n) is 2.04. The quantitative estimate of drug-likeness (QED) is 0.489. The van der Waals surface area contributed by atoms with Gasteiger partial charge in [-0.05, 0) is 24.9 Å². The van der Waals surface area contributed by atoms with Crippen LogP contribution in [0.2, 0.25) is 5.28 Å². The Morgan fingerprint density at radius 1 is 1.69 bits per heavy atom. The van der Waals surface area contributed by atoms with E-state index in [4.69, 9.17) is 11.6 Å². The number of hydrogen-bond acceptors (Lipinski definition) is 5. The topological polar surface area (TPSA) is 81.0 Å². The van der Waals surface area contributed by atoms with Crippen LogP contribution in [0.4, 0.5) is 11.5 Å². The highest BCUT2D eigenvalue weighted by molar-refractivity contribution is 6.28. The molecule has 1 heterocycles. The summed E-state index contributed by atoms with van der Waals surface area (Å²) in [7, 11) is 0. The van der Waals surface area contributed by atoms with Gasteiger partial charge in [0, 0.05) is 6.04 Å². The minimum absolute atomic E-state index is 0.00296. The maximum absolute atomic E-state index is 10.7. The zero-order chi connectivity index (χ0) is 12.1. The molecule has 0 aromatic carbocycles. The standard InChI is InChI=1S/C9H13ClN4O2/c1-3-4-6(2)12-8-7(14(15)16)5-11-9(10)13-8/h5-6H,3-4H2,1-2H3,(H,11,12,13). The SMILES string of the molecule is CCCC(C)Nc1nc(Cl)ncc1[N+](=O)[O-]. The van der Waals surface area contributed by atoms with Gasteiger partial charge < -0.3 is 5.32 Å². The lowest BCUT2D eigenvalue weighted by Crippen LogP contribution is -2.16. The number of nitro groups is 1. The maximum atomic E-state index is 10.7. The van der Waals surface area contributed by atoms with Crippen molar-refractivity contribution < 1.29 is 4.92 Å². The summed E-state index contributed by atoms with van der Waals surface area (Å²) in [6, 6.07) is 0.106. The fraction of sp³-hybridized carbons (Fsp3) is 0.556. The minimum Gasteiger partial charge on any atom is -0.362 e. The van der Waals surface area contributed by atoms with E-state index < -0.39 is 4.92 Å². The second-order valence-corrected chi connectivity index (χ2v) is 3.80. The predicted molar refractivity (Wildman–Crippen MR) is 61.7 cm³/mol. The molecular weight excluding hydrogens is 232 g/mol. The molecule has 7 heteroatoms. The molecule has 0 saturated heterocycles. The van der Waals surface area contributed by atoms with Gasteiger partial charge in [0.05, 0.1) is 4.92 Å². The van der Waals surface area contributed by atoms with E-state index in [9.17, 15) is 10.1 Å². The van der Waals surface area contributed by atoms with Gasteiger partial charge in [0.2, 0.25) is 11.1 Å². The predicted octanol–water partition coefficient (Wildman–Crippen LogP) is 2.64. The summed E-state index contributed by atoms with van der Waals surface area (Å²) in [4.78, 5) is 17.6. The Hall–Kier alpha value is -1.43. The molecule has 1 rings (SSSR count). The van der Waals surface area contributed by atoms with Gasteiger partial charge in [-0.15, -0.1) is 0 Å². The van der Waals surface area contributed by atoms with Gasteiger partial charge in [-0.2, -0.15) is 4.98 Å². The van der Waals surface area contributed by atoms with Crippen LogP contribution in [-0.2, 0) is 0 Å². The van der Waals surface area contributed by atoms with Crippen LogP contribution < -0.4 is 5.32 Å². The molecule has 1 aromatic heterocycles. The van der Waals surface area contributed by atoms with Crippen molar-refractivity contribution in [2.75, 3.05) is 5.32 Å². The van der Waals surface area contributed by atoms with Crippen molar-refractivity contribution in [3.8, 4) is 0 Å². The van der Waals surface area contributed by atoms with E-state index in [0.29, 0.717) is 0 Å². The van der Waals surface area contributed by atoms with Crippen LogP contribution in [0.25, 0.3) is 0 Å². The van der Waals surface area contributed by atoms with E-state index in [1.807, 2.05) is 13.8 Å². The number of hydrogen-bond donors (Lipinski definition) is 1.